The number of nitrogens with zero attached hydrogens (tertiary/aromatic N) is 5. The van der Waals surface area contributed by atoms with Crippen molar-refractivity contribution in [3.05, 3.63) is 66.4 Å². The van der Waals surface area contributed by atoms with Gasteiger partial charge in [-0.3, -0.25) is 14.7 Å². The Kier molecular flexibility index (Phi) is 6.15. The quantitative estimate of drug-likeness (QED) is 0.485. The second-order valence-corrected chi connectivity index (χ2v) is 12.5. The number of sulfonamides is 1. The number of benzene rings is 2. The fraction of sp³-hybridized carbons (Fsp3) is 0.357. The lowest BCUT2D eigenvalue weighted by Gasteiger charge is -2.43. The minimum atomic E-state index is -3.29. The molecule has 1 aromatic heterocycles. The lowest BCUT2D eigenvalue weighted by atomic mass is 9.90. The van der Waals surface area contributed by atoms with Crippen LogP contribution in [-0.2, 0) is 19.6 Å². The first-order chi connectivity index (χ1) is 18.7. The standard InChI is InChI=1S/C28H29N5O5S/c1-38-27(35)31-17-28(18-31)26(34)33(16-19-11-13-32(15-19)39(2,36)37)25(30-28)22-8-5-20(6-9-22)23-10-7-21-4-3-12-29-24(21)14-23/h3-10,12,14,19H,11,13,15-18H2,1-2H3. The summed E-state index contributed by atoms with van der Waals surface area (Å²) in [6, 6.07) is 18.0. The second kappa shape index (κ2) is 9.42. The van der Waals surface area contributed by atoms with E-state index in [-0.39, 0.29) is 24.9 Å². The second-order valence-electron chi connectivity index (χ2n) is 10.5. The normalized spacial score (nSPS) is 20.9. The van der Waals surface area contributed by atoms with E-state index in [2.05, 4.69) is 11.1 Å². The van der Waals surface area contributed by atoms with E-state index in [9.17, 15) is 18.0 Å². The summed E-state index contributed by atoms with van der Waals surface area (Å²) in [5.41, 5.74) is 2.71. The number of fused-ring (bicyclic) bond motifs is 1. The fourth-order valence-corrected chi connectivity index (χ4v) is 6.58. The topological polar surface area (TPSA) is 112 Å². The highest BCUT2D eigenvalue weighted by Gasteiger charge is 2.58. The van der Waals surface area contributed by atoms with Crippen LogP contribution in [0.1, 0.15) is 12.0 Å². The van der Waals surface area contributed by atoms with Gasteiger partial charge in [0.15, 0.2) is 5.54 Å². The molecule has 0 bridgehead atoms. The molecule has 1 spiro atoms. The zero-order valence-corrected chi connectivity index (χ0v) is 22.6. The summed E-state index contributed by atoms with van der Waals surface area (Å²) in [4.78, 5) is 38.2. The van der Waals surface area contributed by atoms with Crippen LogP contribution >= 0.6 is 0 Å². The summed E-state index contributed by atoms with van der Waals surface area (Å²) < 4.78 is 30.4. The van der Waals surface area contributed by atoms with Crippen LogP contribution in [-0.4, -0.2) is 97.0 Å². The number of aliphatic imine (C=N–C) groups is 1. The first kappa shape index (κ1) is 25.4. The average molecular weight is 548 g/mol. The molecule has 3 aliphatic rings. The van der Waals surface area contributed by atoms with Gasteiger partial charge < -0.3 is 9.64 Å². The van der Waals surface area contributed by atoms with Crippen LogP contribution in [0.15, 0.2) is 65.8 Å². The molecule has 1 atom stereocenters. The molecule has 4 heterocycles. The van der Waals surface area contributed by atoms with Gasteiger partial charge in [-0.1, -0.05) is 42.5 Å². The van der Waals surface area contributed by atoms with Gasteiger partial charge in [0.25, 0.3) is 5.91 Å². The van der Waals surface area contributed by atoms with Crippen molar-refractivity contribution in [2.75, 3.05) is 46.1 Å². The molecule has 2 amide bonds. The van der Waals surface area contributed by atoms with Gasteiger partial charge in [0.2, 0.25) is 10.0 Å². The van der Waals surface area contributed by atoms with Crippen LogP contribution in [0.25, 0.3) is 22.0 Å². The molecule has 0 radical (unpaired) electrons. The summed E-state index contributed by atoms with van der Waals surface area (Å²) in [6.45, 7) is 1.48. The van der Waals surface area contributed by atoms with Crippen molar-refractivity contribution >= 4 is 38.8 Å². The average Bonchev–Trinajstić information content (AvgIpc) is 3.51. The number of amides is 2. The Balaban J connectivity index is 1.29. The van der Waals surface area contributed by atoms with Gasteiger partial charge in [-0.05, 0) is 35.6 Å². The largest absolute Gasteiger partial charge is 0.453 e. The molecule has 11 heteroatoms. The highest BCUT2D eigenvalue weighted by Crippen LogP contribution is 2.36. The number of ether oxygens (including phenoxy) is 1. The van der Waals surface area contributed by atoms with Crippen molar-refractivity contribution in [1.82, 2.24) is 19.1 Å². The van der Waals surface area contributed by atoms with Gasteiger partial charge in [0.05, 0.1) is 32.0 Å². The van der Waals surface area contributed by atoms with E-state index in [1.54, 1.807) is 11.1 Å². The summed E-state index contributed by atoms with van der Waals surface area (Å²) in [6.07, 6.45) is 3.16. The first-order valence-corrected chi connectivity index (χ1v) is 14.7. The van der Waals surface area contributed by atoms with E-state index < -0.39 is 21.7 Å². The SMILES string of the molecule is COC(=O)N1CC2(C1)N=C(c1ccc(-c3ccc4cccnc4c3)cc1)N(CC1CCN(S(C)(=O)=O)C1)C2=O. The Labute approximate surface area is 226 Å². The summed E-state index contributed by atoms with van der Waals surface area (Å²) in [5, 5.41) is 1.07. The maximum atomic E-state index is 13.7. The molecule has 2 saturated heterocycles. The van der Waals surface area contributed by atoms with E-state index in [1.165, 1.54) is 22.6 Å². The Bertz CT molecular complexity index is 1600. The fourth-order valence-electron chi connectivity index (χ4n) is 5.66. The van der Waals surface area contributed by atoms with E-state index in [0.29, 0.717) is 31.9 Å². The van der Waals surface area contributed by atoms with Crippen LogP contribution in [0, 0.1) is 5.92 Å². The molecule has 3 aliphatic heterocycles. The number of methoxy groups -OCH3 is 1. The molecule has 0 saturated carbocycles. The molecule has 0 aliphatic carbocycles. The number of hydrogen-bond acceptors (Lipinski definition) is 7. The first-order valence-electron chi connectivity index (χ1n) is 12.8. The minimum Gasteiger partial charge on any atom is -0.453 e. The van der Waals surface area contributed by atoms with Crippen molar-refractivity contribution < 1.29 is 22.7 Å². The summed E-state index contributed by atoms with van der Waals surface area (Å²) in [7, 11) is -1.98. The van der Waals surface area contributed by atoms with E-state index in [0.717, 1.165) is 27.6 Å². The van der Waals surface area contributed by atoms with Crippen molar-refractivity contribution in [1.29, 1.82) is 0 Å². The molecule has 202 valence electrons. The lowest BCUT2D eigenvalue weighted by molar-refractivity contribution is -0.136. The Morgan fingerprint density at radius 2 is 1.79 bits per heavy atom. The molecule has 2 fully saturated rings. The van der Waals surface area contributed by atoms with Gasteiger partial charge in [-0.25, -0.2) is 22.5 Å². The Morgan fingerprint density at radius 1 is 1.08 bits per heavy atom. The monoisotopic (exact) mass is 547 g/mol. The van der Waals surface area contributed by atoms with Gasteiger partial charge in [0, 0.05) is 36.8 Å². The summed E-state index contributed by atoms with van der Waals surface area (Å²) in [5.74, 6) is 0.374. The number of pyridine rings is 1. The van der Waals surface area contributed by atoms with Gasteiger partial charge >= 0.3 is 6.09 Å². The smallest absolute Gasteiger partial charge is 0.409 e. The minimum absolute atomic E-state index is 0.00909. The van der Waals surface area contributed by atoms with Crippen LogP contribution in [0.3, 0.4) is 0 Å². The predicted molar refractivity (Wildman–Crippen MR) is 147 cm³/mol. The third-order valence-corrected chi connectivity index (χ3v) is 9.07. The highest BCUT2D eigenvalue weighted by atomic mass is 32.2. The molecule has 2 aromatic carbocycles. The predicted octanol–water partition coefficient (Wildman–Crippen LogP) is 2.59. The number of likely N-dealkylation sites (tertiary alicyclic amines) is 1. The number of amidine groups is 1. The van der Waals surface area contributed by atoms with Crippen LogP contribution in [0.2, 0.25) is 0 Å². The zero-order chi connectivity index (χ0) is 27.4. The van der Waals surface area contributed by atoms with Gasteiger partial charge in [-0.2, -0.15) is 0 Å². The molecule has 6 rings (SSSR count). The van der Waals surface area contributed by atoms with Crippen molar-refractivity contribution in [2.45, 2.75) is 12.0 Å². The molecule has 1 unspecified atom stereocenters. The van der Waals surface area contributed by atoms with E-state index in [1.807, 2.05) is 48.5 Å². The third kappa shape index (κ3) is 4.55. The third-order valence-electron chi connectivity index (χ3n) is 7.80. The van der Waals surface area contributed by atoms with Crippen LogP contribution in [0.5, 0.6) is 0 Å². The summed E-state index contributed by atoms with van der Waals surface area (Å²) >= 11 is 0. The zero-order valence-electron chi connectivity index (χ0n) is 21.8. The number of carbonyl (C=O) groups is 2. The van der Waals surface area contributed by atoms with Crippen molar-refractivity contribution in [3.8, 4) is 11.1 Å². The van der Waals surface area contributed by atoms with Crippen molar-refractivity contribution in [2.24, 2.45) is 10.9 Å². The molecule has 10 nitrogen and oxygen atoms in total. The van der Waals surface area contributed by atoms with Crippen molar-refractivity contribution in [3.63, 3.8) is 0 Å². The van der Waals surface area contributed by atoms with E-state index in [4.69, 9.17) is 9.73 Å². The Hall–Kier alpha value is -3.83. The Morgan fingerprint density at radius 3 is 2.49 bits per heavy atom. The molecule has 3 aromatic rings. The molecule has 39 heavy (non-hydrogen) atoms. The number of hydrogen-bond donors (Lipinski definition) is 0. The number of aromatic nitrogens is 1. The lowest BCUT2D eigenvalue weighted by Crippen LogP contribution is -2.66. The highest BCUT2D eigenvalue weighted by molar-refractivity contribution is 7.88. The van der Waals surface area contributed by atoms with Gasteiger partial charge in [-0.15, -0.1) is 0 Å². The van der Waals surface area contributed by atoms with Crippen LogP contribution in [0.4, 0.5) is 4.79 Å². The number of carbonyl (C=O) groups excluding carboxylic acids is 2. The maximum absolute atomic E-state index is 13.7. The van der Waals surface area contributed by atoms with Gasteiger partial charge in [0.1, 0.15) is 5.84 Å². The van der Waals surface area contributed by atoms with Crippen LogP contribution < -0.4 is 0 Å². The molecular formula is C28H29N5O5S. The maximum Gasteiger partial charge on any atom is 0.409 e. The van der Waals surface area contributed by atoms with E-state index >= 15 is 0 Å². The molecule has 0 N–H and O–H groups in total. The number of rotatable bonds is 5. The molecular weight excluding hydrogens is 518 g/mol.